The third-order valence-corrected chi connectivity index (χ3v) is 4.52. The van der Waals surface area contributed by atoms with E-state index in [1.54, 1.807) is 7.05 Å². The molecule has 0 atom stereocenters. The first-order valence-electron chi connectivity index (χ1n) is 8.70. The van der Waals surface area contributed by atoms with Gasteiger partial charge in [-0.25, -0.2) is 9.48 Å². The van der Waals surface area contributed by atoms with Crippen molar-refractivity contribution in [3.8, 4) is 0 Å². The number of amides is 1. The Bertz CT molecular complexity index is 919. The van der Waals surface area contributed by atoms with Gasteiger partial charge in [0.1, 0.15) is 0 Å². The first kappa shape index (κ1) is 19.4. The number of nitro groups is 1. The van der Waals surface area contributed by atoms with E-state index in [2.05, 4.69) is 25.5 Å². The van der Waals surface area contributed by atoms with Crippen LogP contribution in [0.4, 0.5) is 11.6 Å². The largest absolute Gasteiger partial charge is 0.465 e. The van der Waals surface area contributed by atoms with Crippen LogP contribution in [-0.2, 0) is 11.8 Å². The summed E-state index contributed by atoms with van der Waals surface area (Å²) >= 11 is 0. The van der Waals surface area contributed by atoms with Gasteiger partial charge in [-0.3, -0.25) is 20.2 Å². The molecule has 1 aromatic carbocycles. The molecule has 1 aliphatic heterocycles. The van der Waals surface area contributed by atoms with Crippen LogP contribution in [0.15, 0.2) is 18.2 Å². The summed E-state index contributed by atoms with van der Waals surface area (Å²) in [6.07, 6.45) is 1.82. The normalized spacial score (nSPS) is 14.5. The first-order valence-corrected chi connectivity index (χ1v) is 8.70. The van der Waals surface area contributed by atoms with E-state index in [0.717, 1.165) is 45.2 Å². The molecule has 0 aliphatic carbocycles. The molecule has 0 unspecified atom stereocenters. The Balaban J connectivity index is 1.84. The van der Waals surface area contributed by atoms with Crippen LogP contribution < -0.4 is 10.6 Å². The van der Waals surface area contributed by atoms with E-state index in [1.165, 1.54) is 10.7 Å². The summed E-state index contributed by atoms with van der Waals surface area (Å²) < 4.78 is 6.04. The van der Waals surface area contributed by atoms with E-state index >= 15 is 0 Å². The number of methoxy groups -OCH3 is 1. The molecule has 0 saturated carbocycles. The highest BCUT2D eigenvalue weighted by atomic mass is 16.6. The number of hydrogen-bond donors (Lipinski definition) is 2. The number of anilines is 1. The van der Waals surface area contributed by atoms with Crippen LogP contribution in [0.25, 0.3) is 0 Å². The molecule has 2 aromatic rings. The molecule has 2 heterocycles. The average molecular weight is 388 g/mol. The lowest BCUT2D eigenvalue weighted by Crippen LogP contribution is -2.27. The Hall–Kier alpha value is -3.34. The number of carbonyl (C=O) groups is 2. The number of nitro benzene ring substituents is 1. The number of carbonyl (C=O) groups excluding carboxylic acids is 2. The molecular formula is C17H20N6O5. The lowest BCUT2D eigenvalue weighted by Gasteiger charge is -2.19. The summed E-state index contributed by atoms with van der Waals surface area (Å²) in [6.45, 7) is 1.77. The van der Waals surface area contributed by atoms with E-state index in [1.807, 2.05) is 0 Å². The SMILES string of the molecule is COC(=O)c1cc(C(=O)Nc2nc(C3CCNCC3)nn2C)cc([N+](=O)[O-])c1. The first-order chi connectivity index (χ1) is 13.4. The lowest BCUT2D eigenvalue weighted by atomic mass is 9.98. The van der Waals surface area contributed by atoms with Crippen molar-refractivity contribution in [2.75, 3.05) is 25.5 Å². The highest BCUT2D eigenvalue weighted by Gasteiger charge is 2.23. The fraction of sp³-hybridized carbons (Fsp3) is 0.412. The molecule has 148 valence electrons. The summed E-state index contributed by atoms with van der Waals surface area (Å²) in [7, 11) is 2.81. The minimum Gasteiger partial charge on any atom is -0.465 e. The second kappa shape index (κ2) is 8.13. The van der Waals surface area contributed by atoms with Crippen LogP contribution in [0, 0.1) is 10.1 Å². The number of esters is 1. The third kappa shape index (κ3) is 4.14. The van der Waals surface area contributed by atoms with Crippen LogP contribution >= 0.6 is 0 Å². The zero-order chi connectivity index (χ0) is 20.3. The van der Waals surface area contributed by atoms with Crippen LogP contribution in [-0.4, -0.2) is 51.8 Å². The van der Waals surface area contributed by atoms with Crippen LogP contribution in [0.5, 0.6) is 0 Å². The molecule has 1 amide bonds. The van der Waals surface area contributed by atoms with E-state index in [0.29, 0.717) is 5.82 Å². The molecule has 0 spiro atoms. The molecule has 2 N–H and O–H groups in total. The van der Waals surface area contributed by atoms with Crippen molar-refractivity contribution in [1.29, 1.82) is 0 Å². The minimum absolute atomic E-state index is 0.0546. The van der Waals surface area contributed by atoms with Crippen molar-refractivity contribution >= 4 is 23.5 Å². The van der Waals surface area contributed by atoms with Gasteiger partial charge in [0, 0.05) is 30.7 Å². The van der Waals surface area contributed by atoms with Gasteiger partial charge in [0.15, 0.2) is 5.82 Å². The van der Waals surface area contributed by atoms with Gasteiger partial charge in [-0.1, -0.05) is 0 Å². The highest BCUT2D eigenvalue weighted by molar-refractivity contribution is 6.05. The van der Waals surface area contributed by atoms with Gasteiger partial charge < -0.3 is 10.1 Å². The molecule has 1 saturated heterocycles. The smallest absolute Gasteiger partial charge is 0.338 e. The second-order valence-corrected chi connectivity index (χ2v) is 6.41. The topological polar surface area (TPSA) is 141 Å². The van der Waals surface area contributed by atoms with Gasteiger partial charge in [0.25, 0.3) is 11.6 Å². The zero-order valence-corrected chi connectivity index (χ0v) is 15.5. The Kier molecular flexibility index (Phi) is 5.64. The minimum atomic E-state index is -0.774. The van der Waals surface area contributed by atoms with Gasteiger partial charge in [-0.05, 0) is 32.0 Å². The maximum absolute atomic E-state index is 12.6. The van der Waals surface area contributed by atoms with Gasteiger partial charge in [-0.2, -0.15) is 10.1 Å². The maximum atomic E-state index is 12.6. The quantitative estimate of drug-likeness (QED) is 0.442. The number of non-ortho nitro benzene ring substituents is 1. The van der Waals surface area contributed by atoms with Gasteiger partial charge in [0.2, 0.25) is 5.95 Å². The molecule has 28 heavy (non-hydrogen) atoms. The fourth-order valence-electron chi connectivity index (χ4n) is 3.02. The molecule has 1 aromatic heterocycles. The van der Waals surface area contributed by atoms with Crippen molar-refractivity contribution in [3.05, 3.63) is 45.3 Å². The molecule has 11 nitrogen and oxygen atoms in total. The van der Waals surface area contributed by atoms with Gasteiger partial charge in [-0.15, -0.1) is 0 Å². The Morgan fingerprint density at radius 1 is 1.29 bits per heavy atom. The fourth-order valence-corrected chi connectivity index (χ4v) is 3.02. The van der Waals surface area contributed by atoms with Crippen molar-refractivity contribution in [2.45, 2.75) is 18.8 Å². The number of nitrogens with one attached hydrogen (secondary N) is 2. The number of nitrogens with zero attached hydrogens (tertiary/aromatic N) is 4. The predicted octanol–water partition coefficient (Wildman–Crippen LogP) is 1.23. The number of piperidine rings is 1. The van der Waals surface area contributed by atoms with Crippen molar-refractivity contribution in [2.24, 2.45) is 7.05 Å². The van der Waals surface area contributed by atoms with E-state index in [-0.39, 0.29) is 28.7 Å². The maximum Gasteiger partial charge on any atom is 0.338 e. The Morgan fingerprint density at radius 2 is 1.96 bits per heavy atom. The van der Waals surface area contributed by atoms with Crippen molar-refractivity contribution in [1.82, 2.24) is 20.1 Å². The number of hydrogen-bond acceptors (Lipinski definition) is 8. The second-order valence-electron chi connectivity index (χ2n) is 6.41. The average Bonchev–Trinajstić information content (AvgIpc) is 3.07. The highest BCUT2D eigenvalue weighted by Crippen LogP contribution is 2.24. The summed E-state index contributed by atoms with van der Waals surface area (Å²) in [5.41, 5.74) is -0.530. The summed E-state index contributed by atoms with van der Waals surface area (Å²) in [6, 6.07) is 3.38. The number of rotatable bonds is 5. The monoisotopic (exact) mass is 388 g/mol. The summed E-state index contributed by atoms with van der Waals surface area (Å²) in [4.78, 5) is 39.2. The summed E-state index contributed by atoms with van der Waals surface area (Å²) in [5.74, 6) is -0.328. The Morgan fingerprint density at radius 3 is 2.61 bits per heavy atom. The number of benzene rings is 1. The molecular weight excluding hydrogens is 368 g/mol. The van der Waals surface area contributed by atoms with Crippen molar-refractivity contribution < 1.29 is 19.2 Å². The molecule has 3 rings (SSSR count). The standard InChI is InChI=1S/C17H20N6O5/c1-22-17(19-14(21-22)10-3-5-18-6-4-10)20-15(24)11-7-12(16(25)28-2)9-13(8-11)23(26)27/h7-10,18H,3-6H2,1-2H3,(H,19,20,21,24). The van der Waals surface area contributed by atoms with Crippen molar-refractivity contribution in [3.63, 3.8) is 0 Å². The molecule has 1 aliphatic rings. The van der Waals surface area contributed by atoms with Gasteiger partial charge >= 0.3 is 5.97 Å². The number of ether oxygens (including phenoxy) is 1. The van der Waals surface area contributed by atoms with Crippen LogP contribution in [0.2, 0.25) is 0 Å². The van der Waals surface area contributed by atoms with E-state index in [9.17, 15) is 19.7 Å². The van der Waals surface area contributed by atoms with Crippen LogP contribution in [0.3, 0.4) is 0 Å². The number of aromatic nitrogens is 3. The van der Waals surface area contributed by atoms with E-state index < -0.39 is 16.8 Å². The zero-order valence-electron chi connectivity index (χ0n) is 15.5. The third-order valence-electron chi connectivity index (χ3n) is 4.52. The number of aryl methyl sites for hydroxylation is 1. The lowest BCUT2D eigenvalue weighted by molar-refractivity contribution is -0.384. The van der Waals surface area contributed by atoms with Gasteiger partial charge in [0.05, 0.1) is 17.6 Å². The molecule has 11 heteroatoms. The molecule has 0 bridgehead atoms. The predicted molar refractivity (Wildman–Crippen MR) is 98.2 cm³/mol. The molecule has 0 radical (unpaired) electrons. The van der Waals surface area contributed by atoms with Crippen LogP contribution in [0.1, 0.15) is 45.3 Å². The summed E-state index contributed by atoms with van der Waals surface area (Å²) in [5, 5.41) is 21.4. The van der Waals surface area contributed by atoms with E-state index in [4.69, 9.17) is 0 Å². The molecule has 1 fully saturated rings. The Labute approximate surface area is 160 Å².